The number of hydrogen-bond acceptors (Lipinski definition) is 4. The second kappa shape index (κ2) is 7.29. The smallest absolute Gasteiger partial charge is 0.254 e. The van der Waals surface area contributed by atoms with Gasteiger partial charge in [0.1, 0.15) is 6.10 Å². The number of aromatic nitrogens is 3. The fraction of sp³-hybridized carbons (Fsp3) is 0.211. The summed E-state index contributed by atoms with van der Waals surface area (Å²) in [6.45, 7) is 1.22. The van der Waals surface area contributed by atoms with Crippen molar-refractivity contribution in [1.29, 1.82) is 0 Å². The van der Waals surface area contributed by atoms with Gasteiger partial charge in [-0.05, 0) is 52.3 Å². The second-order valence-corrected chi connectivity index (χ2v) is 6.93. The van der Waals surface area contributed by atoms with E-state index in [0.29, 0.717) is 24.5 Å². The summed E-state index contributed by atoms with van der Waals surface area (Å²) in [6, 6.07) is 13.1. The van der Waals surface area contributed by atoms with E-state index in [1.165, 1.54) is 0 Å². The summed E-state index contributed by atoms with van der Waals surface area (Å²) >= 11 is 3.43. The Balaban J connectivity index is 1.45. The lowest BCUT2D eigenvalue weighted by atomic mass is 10.2. The number of carbonyl (C=O) groups is 1. The van der Waals surface area contributed by atoms with Gasteiger partial charge in [-0.3, -0.25) is 4.79 Å². The van der Waals surface area contributed by atoms with Gasteiger partial charge in [-0.2, -0.15) is 5.10 Å². The highest BCUT2D eigenvalue weighted by molar-refractivity contribution is 9.10. The van der Waals surface area contributed by atoms with Crippen LogP contribution in [0.5, 0.6) is 5.88 Å². The van der Waals surface area contributed by atoms with Gasteiger partial charge in [-0.1, -0.05) is 6.07 Å². The Kier molecular flexibility index (Phi) is 4.71. The van der Waals surface area contributed by atoms with E-state index < -0.39 is 0 Å². The number of benzene rings is 1. The summed E-state index contributed by atoms with van der Waals surface area (Å²) in [5.41, 5.74) is 1.52. The molecule has 1 aliphatic rings. The molecule has 0 spiro atoms. The predicted molar refractivity (Wildman–Crippen MR) is 100 cm³/mol. The molecule has 0 saturated carbocycles. The zero-order chi connectivity index (χ0) is 17.9. The van der Waals surface area contributed by atoms with Gasteiger partial charge in [0.2, 0.25) is 5.88 Å². The lowest BCUT2D eigenvalue weighted by molar-refractivity contribution is 0.0771. The Morgan fingerprint density at radius 2 is 2.12 bits per heavy atom. The maximum Gasteiger partial charge on any atom is 0.254 e. The number of halogens is 1. The first-order valence-electron chi connectivity index (χ1n) is 8.37. The van der Waals surface area contributed by atoms with Gasteiger partial charge >= 0.3 is 0 Å². The average Bonchev–Trinajstić information content (AvgIpc) is 3.35. The molecule has 4 rings (SSSR count). The first kappa shape index (κ1) is 16.8. The van der Waals surface area contributed by atoms with Crippen LogP contribution in [0.2, 0.25) is 0 Å². The molecule has 0 radical (unpaired) electrons. The molecule has 7 heteroatoms. The minimum absolute atomic E-state index is 0.00481. The van der Waals surface area contributed by atoms with Crippen LogP contribution in [-0.4, -0.2) is 44.8 Å². The molecule has 26 heavy (non-hydrogen) atoms. The molecule has 1 aromatic carbocycles. The average molecular weight is 413 g/mol. The zero-order valence-corrected chi connectivity index (χ0v) is 15.5. The predicted octanol–water partition coefficient (Wildman–Crippen LogP) is 3.32. The summed E-state index contributed by atoms with van der Waals surface area (Å²) in [6.07, 6.45) is 5.99. The molecule has 132 valence electrons. The van der Waals surface area contributed by atoms with Gasteiger partial charge in [0.25, 0.3) is 5.91 Å². The fourth-order valence-corrected chi connectivity index (χ4v) is 3.36. The molecular formula is C19H17BrN4O2. The van der Waals surface area contributed by atoms with Crippen LogP contribution in [0.15, 0.2) is 65.5 Å². The van der Waals surface area contributed by atoms with Crippen LogP contribution < -0.4 is 4.74 Å². The molecule has 1 atom stereocenters. The van der Waals surface area contributed by atoms with Crippen molar-refractivity contribution in [3.8, 4) is 11.6 Å². The molecule has 1 saturated heterocycles. The summed E-state index contributed by atoms with van der Waals surface area (Å²) in [5, 5.41) is 4.21. The van der Waals surface area contributed by atoms with Gasteiger partial charge in [0.15, 0.2) is 0 Å². The molecule has 1 fully saturated rings. The highest BCUT2D eigenvalue weighted by Gasteiger charge is 2.29. The van der Waals surface area contributed by atoms with Crippen molar-refractivity contribution in [2.45, 2.75) is 12.5 Å². The normalized spacial score (nSPS) is 16.7. The monoisotopic (exact) mass is 412 g/mol. The number of likely N-dealkylation sites (tertiary alicyclic amines) is 1. The number of rotatable bonds is 4. The summed E-state index contributed by atoms with van der Waals surface area (Å²) < 4.78 is 8.50. The van der Waals surface area contributed by atoms with Crippen LogP contribution >= 0.6 is 15.9 Å². The van der Waals surface area contributed by atoms with Crippen LogP contribution in [0.1, 0.15) is 16.8 Å². The molecule has 0 N–H and O–H groups in total. The van der Waals surface area contributed by atoms with Gasteiger partial charge in [-0.15, -0.1) is 0 Å². The number of pyridine rings is 1. The third kappa shape index (κ3) is 3.48. The standard InChI is InChI=1S/C19H17BrN4O2/c20-17-6-2-8-21-18(17)26-16-7-11-23(13-16)19(25)14-4-1-5-15(12-14)24-10-3-9-22-24/h1-6,8-10,12,16H,7,11,13H2/t16-/m0/s1. The van der Waals surface area contributed by atoms with Crippen molar-refractivity contribution in [3.63, 3.8) is 0 Å². The topological polar surface area (TPSA) is 60.2 Å². The molecule has 2 aromatic heterocycles. The first-order valence-corrected chi connectivity index (χ1v) is 9.16. The SMILES string of the molecule is O=C(c1cccc(-n2cccn2)c1)N1CC[C@H](Oc2ncccc2Br)C1. The zero-order valence-electron chi connectivity index (χ0n) is 14.0. The van der Waals surface area contributed by atoms with E-state index in [1.807, 2.05) is 53.6 Å². The number of ether oxygens (including phenoxy) is 1. The van der Waals surface area contributed by atoms with Crippen LogP contribution in [0, 0.1) is 0 Å². The van der Waals surface area contributed by atoms with Crippen molar-refractivity contribution in [1.82, 2.24) is 19.7 Å². The maximum absolute atomic E-state index is 12.8. The van der Waals surface area contributed by atoms with Gasteiger partial charge in [-0.25, -0.2) is 9.67 Å². The molecule has 0 aliphatic carbocycles. The van der Waals surface area contributed by atoms with E-state index in [0.717, 1.165) is 16.6 Å². The third-order valence-electron chi connectivity index (χ3n) is 4.30. The van der Waals surface area contributed by atoms with Crippen molar-refractivity contribution in [2.24, 2.45) is 0 Å². The Labute approximate surface area is 159 Å². The van der Waals surface area contributed by atoms with Crippen LogP contribution in [0.25, 0.3) is 5.69 Å². The number of nitrogens with zero attached hydrogens (tertiary/aromatic N) is 4. The molecule has 1 aliphatic heterocycles. The van der Waals surface area contributed by atoms with Gasteiger partial charge < -0.3 is 9.64 Å². The first-order chi connectivity index (χ1) is 12.7. The van der Waals surface area contributed by atoms with E-state index in [4.69, 9.17) is 4.74 Å². The fourth-order valence-electron chi connectivity index (χ4n) is 3.01. The minimum Gasteiger partial charge on any atom is -0.472 e. The van der Waals surface area contributed by atoms with Crippen molar-refractivity contribution in [3.05, 3.63) is 71.1 Å². The summed E-state index contributed by atoms with van der Waals surface area (Å²) in [5.74, 6) is 0.567. The molecular weight excluding hydrogens is 396 g/mol. The third-order valence-corrected chi connectivity index (χ3v) is 4.90. The molecule has 1 amide bonds. The molecule has 0 unspecified atom stereocenters. The van der Waals surface area contributed by atoms with Crippen LogP contribution in [0.3, 0.4) is 0 Å². The van der Waals surface area contributed by atoms with Crippen molar-refractivity contribution in [2.75, 3.05) is 13.1 Å². The minimum atomic E-state index is -0.0561. The Morgan fingerprint density at radius 1 is 1.19 bits per heavy atom. The number of amides is 1. The highest BCUT2D eigenvalue weighted by atomic mass is 79.9. The van der Waals surface area contributed by atoms with Gasteiger partial charge in [0.05, 0.1) is 16.7 Å². The molecule has 6 nitrogen and oxygen atoms in total. The highest BCUT2D eigenvalue weighted by Crippen LogP contribution is 2.25. The van der Waals surface area contributed by atoms with E-state index in [9.17, 15) is 4.79 Å². The van der Waals surface area contributed by atoms with E-state index in [-0.39, 0.29) is 12.0 Å². The Bertz CT molecular complexity index is 913. The molecule has 0 bridgehead atoms. The maximum atomic E-state index is 12.8. The van der Waals surface area contributed by atoms with E-state index in [2.05, 4.69) is 26.0 Å². The number of carbonyl (C=O) groups excluding carboxylic acids is 1. The molecule has 3 heterocycles. The Hall–Kier alpha value is -2.67. The van der Waals surface area contributed by atoms with Gasteiger partial charge in [0, 0.05) is 37.1 Å². The lowest BCUT2D eigenvalue weighted by Crippen LogP contribution is -2.31. The lowest BCUT2D eigenvalue weighted by Gasteiger charge is -2.17. The van der Waals surface area contributed by atoms with Crippen LogP contribution in [0.4, 0.5) is 0 Å². The second-order valence-electron chi connectivity index (χ2n) is 6.07. The summed E-state index contributed by atoms with van der Waals surface area (Å²) in [7, 11) is 0. The van der Waals surface area contributed by atoms with Crippen molar-refractivity contribution >= 4 is 21.8 Å². The van der Waals surface area contributed by atoms with E-state index in [1.54, 1.807) is 17.1 Å². The number of hydrogen-bond donors (Lipinski definition) is 0. The Morgan fingerprint density at radius 3 is 2.92 bits per heavy atom. The van der Waals surface area contributed by atoms with E-state index >= 15 is 0 Å². The largest absolute Gasteiger partial charge is 0.472 e. The molecule has 3 aromatic rings. The van der Waals surface area contributed by atoms with Crippen molar-refractivity contribution < 1.29 is 9.53 Å². The van der Waals surface area contributed by atoms with Crippen LogP contribution in [-0.2, 0) is 0 Å². The summed E-state index contributed by atoms with van der Waals surface area (Å²) in [4.78, 5) is 18.9. The quantitative estimate of drug-likeness (QED) is 0.659.